The van der Waals surface area contributed by atoms with Crippen LogP contribution in [0.5, 0.6) is 0 Å². The number of carboxylic acid groups (broad SMARTS) is 1. The third-order valence-electron chi connectivity index (χ3n) is 4.06. The normalized spacial score (nSPS) is 23.6. The largest absolute Gasteiger partial charge is 0.479 e. The molecule has 2 fully saturated rings. The van der Waals surface area contributed by atoms with E-state index < -0.39 is 22.3 Å². The Balaban J connectivity index is 1.86. The Morgan fingerprint density at radius 1 is 1.35 bits per heavy atom. The lowest BCUT2D eigenvalue weighted by Gasteiger charge is -2.30. The van der Waals surface area contributed by atoms with Gasteiger partial charge in [-0.2, -0.15) is 12.7 Å². The van der Waals surface area contributed by atoms with Gasteiger partial charge in [0.05, 0.1) is 0 Å². The Bertz CT molecular complexity index is 441. The van der Waals surface area contributed by atoms with Crippen molar-refractivity contribution < 1.29 is 23.2 Å². The van der Waals surface area contributed by atoms with Gasteiger partial charge in [0, 0.05) is 13.1 Å². The van der Waals surface area contributed by atoms with E-state index in [1.165, 1.54) is 4.31 Å². The van der Waals surface area contributed by atoms with Crippen LogP contribution in [-0.2, 0) is 19.8 Å². The third-order valence-corrected chi connectivity index (χ3v) is 5.42. The fourth-order valence-electron chi connectivity index (χ4n) is 2.47. The molecule has 0 aromatic carbocycles. The Hall–Kier alpha value is -0.700. The number of carbonyl (C=O) groups is 1. The van der Waals surface area contributed by atoms with E-state index in [2.05, 4.69) is 6.92 Å². The molecule has 20 heavy (non-hydrogen) atoms. The SMILES string of the molecule is CCC1CCN(S(=O)(=O)NOC(C(=O)O)C2CC2)CC1. The van der Waals surface area contributed by atoms with Gasteiger partial charge in [-0.05, 0) is 37.5 Å². The molecule has 1 unspecified atom stereocenters. The van der Waals surface area contributed by atoms with Crippen LogP contribution in [0.1, 0.15) is 39.0 Å². The highest BCUT2D eigenvalue weighted by atomic mass is 32.2. The highest BCUT2D eigenvalue weighted by molar-refractivity contribution is 7.87. The summed E-state index contributed by atoms with van der Waals surface area (Å²) in [5.74, 6) is -0.637. The molecule has 116 valence electrons. The molecule has 0 amide bonds. The first-order chi connectivity index (χ1) is 9.44. The number of piperidine rings is 1. The quantitative estimate of drug-likeness (QED) is 0.676. The van der Waals surface area contributed by atoms with Crippen molar-refractivity contribution in [2.24, 2.45) is 11.8 Å². The first-order valence-corrected chi connectivity index (χ1v) is 8.53. The molecular weight excluding hydrogens is 284 g/mol. The maximum Gasteiger partial charge on any atom is 0.335 e. The minimum atomic E-state index is -3.75. The number of hydrogen-bond acceptors (Lipinski definition) is 4. The van der Waals surface area contributed by atoms with Crippen molar-refractivity contribution in [3.05, 3.63) is 0 Å². The molecule has 1 aliphatic carbocycles. The molecule has 1 atom stereocenters. The van der Waals surface area contributed by atoms with Crippen molar-refractivity contribution in [2.45, 2.75) is 45.1 Å². The van der Waals surface area contributed by atoms with Gasteiger partial charge in [0.1, 0.15) is 0 Å². The van der Waals surface area contributed by atoms with Crippen molar-refractivity contribution in [3.63, 3.8) is 0 Å². The predicted molar refractivity (Wildman–Crippen MR) is 71.9 cm³/mol. The zero-order chi connectivity index (χ0) is 14.8. The molecule has 1 aliphatic heterocycles. The number of aliphatic carboxylic acids is 1. The zero-order valence-electron chi connectivity index (χ0n) is 11.6. The number of hydrogen-bond donors (Lipinski definition) is 2. The lowest BCUT2D eigenvalue weighted by molar-refractivity contribution is -0.154. The minimum absolute atomic E-state index is 0.0824. The fraction of sp³-hybridized carbons (Fsp3) is 0.917. The fourth-order valence-corrected chi connectivity index (χ4v) is 3.49. The first kappa shape index (κ1) is 15.7. The summed E-state index contributed by atoms with van der Waals surface area (Å²) in [6.45, 7) is 3.01. The van der Waals surface area contributed by atoms with Gasteiger partial charge in [0.15, 0.2) is 6.10 Å². The maximum atomic E-state index is 12.0. The van der Waals surface area contributed by atoms with Crippen LogP contribution in [0.3, 0.4) is 0 Å². The van der Waals surface area contributed by atoms with Crippen molar-refractivity contribution in [2.75, 3.05) is 13.1 Å². The van der Waals surface area contributed by atoms with Crippen LogP contribution in [-0.4, -0.2) is 43.0 Å². The summed E-state index contributed by atoms with van der Waals surface area (Å²) in [6.07, 6.45) is 3.17. The molecular formula is C12H22N2O5S. The Labute approximate surface area is 119 Å². The smallest absolute Gasteiger partial charge is 0.335 e. The Morgan fingerprint density at radius 2 is 1.95 bits per heavy atom. The summed E-state index contributed by atoms with van der Waals surface area (Å²) in [7, 11) is -3.75. The molecule has 0 spiro atoms. The van der Waals surface area contributed by atoms with Gasteiger partial charge in [0.2, 0.25) is 0 Å². The number of carboxylic acids is 1. The molecule has 0 aromatic heterocycles. The van der Waals surface area contributed by atoms with Gasteiger partial charge in [-0.3, -0.25) is 4.84 Å². The molecule has 1 saturated carbocycles. The van der Waals surface area contributed by atoms with Crippen molar-refractivity contribution in [1.29, 1.82) is 0 Å². The monoisotopic (exact) mass is 306 g/mol. The van der Waals surface area contributed by atoms with Gasteiger partial charge in [-0.15, -0.1) is 0 Å². The van der Waals surface area contributed by atoms with E-state index in [4.69, 9.17) is 9.94 Å². The summed E-state index contributed by atoms with van der Waals surface area (Å²) in [5.41, 5.74) is 0. The van der Waals surface area contributed by atoms with Gasteiger partial charge in [-0.1, -0.05) is 18.2 Å². The number of nitrogens with zero attached hydrogens (tertiary/aromatic N) is 1. The molecule has 8 heteroatoms. The molecule has 0 radical (unpaired) electrons. The van der Waals surface area contributed by atoms with E-state index in [0.717, 1.165) is 32.1 Å². The molecule has 0 aromatic rings. The summed E-state index contributed by atoms with van der Waals surface area (Å²) < 4.78 is 25.4. The highest BCUT2D eigenvalue weighted by Gasteiger charge is 2.39. The van der Waals surface area contributed by atoms with E-state index in [9.17, 15) is 13.2 Å². The molecule has 2 N–H and O–H groups in total. The van der Waals surface area contributed by atoms with Crippen molar-refractivity contribution >= 4 is 16.2 Å². The van der Waals surface area contributed by atoms with E-state index in [1.807, 2.05) is 4.89 Å². The summed E-state index contributed by atoms with van der Waals surface area (Å²) in [4.78, 5) is 17.9. The van der Waals surface area contributed by atoms with E-state index >= 15 is 0 Å². The van der Waals surface area contributed by atoms with E-state index in [1.54, 1.807) is 0 Å². The van der Waals surface area contributed by atoms with Crippen LogP contribution in [0.4, 0.5) is 0 Å². The molecule has 2 aliphatic rings. The van der Waals surface area contributed by atoms with E-state index in [-0.39, 0.29) is 5.92 Å². The van der Waals surface area contributed by atoms with Gasteiger partial charge >= 0.3 is 16.2 Å². The van der Waals surface area contributed by atoms with E-state index in [0.29, 0.717) is 19.0 Å². The van der Waals surface area contributed by atoms with Crippen LogP contribution in [0.25, 0.3) is 0 Å². The van der Waals surface area contributed by atoms with Gasteiger partial charge in [0.25, 0.3) is 0 Å². The number of nitrogens with one attached hydrogen (secondary N) is 1. The maximum absolute atomic E-state index is 12.0. The average Bonchev–Trinajstić information content (AvgIpc) is 3.23. The van der Waals surface area contributed by atoms with Crippen LogP contribution in [0.15, 0.2) is 0 Å². The van der Waals surface area contributed by atoms with Crippen LogP contribution in [0, 0.1) is 11.8 Å². The molecule has 2 rings (SSSR count). The summed E-state index contributed by atoms with van der Waals surface area (Å²) in [6, 6.07) is 0. The minimum Gasteiger partial charge on any atom is -0.479 e. The first-order valence-electron chi connectivity index (χ1n) is 7.09. The summed E-state index contributed by atoms with van der Waals surface area (Å²) >= 11 is 0. The molecule has 1 saturated heterocycles. The zero-order valence-corrected chi connectivity index (χ0v) is 12.4. The van der Waals surface area contributed by atoms with Crippen LogP contribution >= 0.6 is 0 Å². The molecule has 1 heterocycles. The predicted octanol–water partition coefficient (Wildman–Crippen LogP) is 0.738. The highest BCUT2D eigenvalue weighted by Crippen LogP contribution is 2.34. The number of rotatable bonds is 7. The second-order valence-electron chi connectivity index (χ2n) is 5.55. The Morgan fingerprint density at radius 3 is 2.40 bits per heavy atom. The second-order valence-corrected chi connectivity index (χ2v) is 7.19. The average molecular weight is 306 g/mol. The van der Waals surface area contributed by atoms with Crippen molar-refractivity contribution in [1.82, 2.24) is 9.19 Å². The topological polar surface area (TPSA) is 95.9 Å². The standard InChI is InChI=1S/C12H22N2O5S/c1-2-9-5-7-14(8-6-9)20(17,18)13-19-11(12(15)16)10-3-4-10/h9-11,13H,2-8H2,1H3,(H,15,16). The second kappa shape index (κ2) is 6.38. The molecule has 0 bridgehead atoms. The van der Waals surface area contributed by atoms with Crippen LogP contribution < -0.4 is 4.89 Å². The van der Waals surface area contributed by atoms with Crippen LogP contribution in [0.2, 0.25) is 0 Å². The third kappa shape index (κ3) is 3.91. The Kier molecular flexibility index (Phi) is 5.00. The van der Waals surface area contributed by atoms with Gasteiger partial charge < -0.3 is 5.11 Å². The molecule has 7 nitrogen and oxygen atoms in total. The lowest BCUT2D eigenvalue weighted by Crippen LogP contribution is -2.47. The van der Waals surface area contributed by atoms with Gasteiger partial charge in [-0.25, -0.2) is 4.79 Å². The van der Waals surface area contributed by atoms with Crippen molar-refractivity contribution in [3.8, 4) is 0 Å². The lowest BCUT2D eigenvalue weighted by atomic mass is 9.96. The summed E-state index contributed by atoms with van der Waals surface area (Å²) in [5, 5.41) is 8.98.